The highest BCUT2D eigenvalue weighted by atomic mass is 32.2. The molecule has 0 fully saturated rings. The van der Waals surface area contributed by atoms with Crippen molar-refractivity contribution < 1.29 is 27.5 Å². The molecule has 0 heterocycles. The summed E-state index contributed by atoms with van der Waals surface area (Å²) in [5.41, 5.74) is 1.46. The van der Waals surface area contributed by atoms with Gasteiger partial charge in [-0.05, 0) is 55.5 Å². The number of esters is 2. The second-order valence-electron chi connectivity index (χ2n) is 7.44. The van der Waals surface area contributed by atoms with Gasteiger partial charge in [0.25, 0.3) is 0 Å². The summed E-state index contributed by atoms with van der Waals surface area (Å²) < 4.78 is 37.8. The summed E-state index contributed by atoms with van der Waals surface area (Å²) in [6.45, 7) is 1.84. The van der Waals surface area contributed by atoms with Crippen LogP contribution in [0.5, 0.6) is 11.5 Å². The highest BCUT2D eigenvalue weighted by Crippen LogP contribution is 2.34. The molecule has 34 heavy (non-hydrogen) atoms. The first kappa shape index (κ1) is 22.9. The van der Waals surface area contributed by atoms with Crippen LogP contribution in [0.15, 0.2) is 113 Å². The number of benzene rings is 4. The number of ether oxygens (including phenoxy) is 2. The summed E-state index contributed by atoms with van der Waals surface area (Å²) in [6.07, 6.45) is 0. The fraction of sp³-hybridized carbons (Fsp3) is 0.0370. The number of sulfone groups is 1. The van der Waals surface area contributed by atoms with E-state index in [0.717, 1.165) is 5.56 Å². The van der Waals surface area contributed by atoms with Crippen LogP contribution in [0, 0.1) is 6.92 Å². The molecule has 4 rings (SSSR count). The quantitative estimate of drug-likeness (QED) is 0.281. The van der Waals surface area contributed by atoms with E-state index in [1.165, 1.54) is 30.3 Å². The zero-order valence-electron chi connectivity index (χ0n) is 18.2. The Balaban J connectivity index is 1.74. The lowest BCUT2D eigenvalue weighted by Gasteiger charge is -2.13. The first-order valence-electron chi connectivity index (χ1n) is 10.3. The molecule has 6 nitrogen and oxygen atoms in total. The van der Waals surface area contributed by atoms with Crippen LogP contribution in [0.25, 0.3) is 0 Å². The Morgan fingerprint density at radius 1 is 0.647 bits per heavy atom. The van der Waals surface area contributed by atoms with E-state index >= 15 is 0 Å². The van der Waals surface area contributed by atoms with Gasteiger partial charge in [-0.15, -0.1) is 0 Å². The molecule has 0 bridgehead atoms. The van der Waals surface area contributed by atoms with Crippen molar-refractivity contribution in [1.29, 1.82) is 0 Å². The minimum absolute atomic E-state index is 0.000880. The molecule has 0 saturated heterocycles. The lowest BCUT2D eigenvalue weighted by molar-refractivity contribution is 0.0715. The number of rotatable bonds is 6. The van der Waals surface area contributed by atoms with Gasteiger partial charge in [-0.25, -0.2) is 18.0 Å². The minimum Gasteiger partial charge on any atom is -0.423 e. The molecule has 0 aliphatic carbocycles. The molecule has 0 radical (unpaired) electrons. The normalized spacial score (nSPS) is 11.0. The highest BCUT2D eigenvalue weighted by molar-refractivity contribution is 7.91. The summed E-state index contributed by atoms with van der Waals surface area (Å²) in [5, 5.41) is 0. The molecular weight excluding hydrogens is 452 g/mol. The van der Waals surface area contributed by atoms with Crippen molar-refractivity contribution in [3.63, 3.8) is 0 Å². The summed E-state index contributed by atoms with van der Waals surface area (Å²) in [5.74, 6) is -1.53. The van der Waals surface area contributed by atoms with E-state index in [9.17, 15) is 18.0 Å². The van der Waals surface area contributed by atoms with Crippen LogP contribution in [0.2, 0.25) is 0 Å². The van der Waals surface area contributed by atoms with Crippen LogP contribution in [0.1, 0.15) is 26.3 Å². The predicted molar refractivity (Wildman–Crippen MR) is 126 cm³/mol. The molecule has 4 aromatic rings. The number of carbonyl (C=O) groups excluding carboxylic acids is 2. The van der Waals surface area contributed by atoms with Crippen LogP contribution >= 0.6 is 0 Å². The number of aryl methyl sites for hydroxylation is 1. The Morgan fingerprint density at radius 2 is 1.18 bits per heavy atom. The Bertz CT molecular complexity index is 1430. The van der Waals surface area contributed by atoms with E-state index in [2.05, 4.69) is 0 Å². The summed E-state index contributed by atoms with van der Waals surface area (Å²) in [4.78, 5) is 24.8. The van der Waals surface area contributed by atoms with E-state index in [0.29, 0.717) is 5.56 Å². The van der Waals surface area contributed by atoms with Gasteiger partial charge in [0.05, 0.1) is 16.0 Å². The second-order valence-corrected chi connectivity index (χ2v) is 9.35. The fourth-order valence-electron chi connectivity index (χ4n) is 3.16. The third-order valence-electron chi connectivity index (χ3n) is 4.97. The van der Waals surface area contributed by atoms with Gasteiger partial charge in [0.15, 0.2) is 5.75 Å². The molecule has 0 aliphatic heterocycles. The smallest absolute Gasteiger partial charge is 0.343 e. The average molecular weight is 473 g/mol. The topological polar surface area (TPSA) is 86.7 Å². The molecule has 0 aromatic heterocycles. The van der Waals surface area contributed by atoms with Gasteiger partial charge in [0.2, 0.25) is 9.84 Å². The highest BCUT2D eigenvalue weighted by Gasteiger charge is 2.25. The molecular formula is C27H20O6S. The van der Waals surface area contributed by atoms with E-state index < -0.39 is 21.8 Å². The van der Waals surface area contributed by atoms with Crippen molar-refractivity contribution in [1.82, 2.24) is 0 Å². The lowest BCUT2D eigenvalue weighted by Crippen LogP contribution is -2.13. The Hall–Kier alpha value is -4.23. The van der Waals surface area contributed by atoms with Crippen LogP contribution < -0.4 is 9.47 Å². The van der Waals surface area contributed by atoms with Gasteiger partial charge in [-0.3, -0.25) is 0 Å². The minimum atomic E-state index is -4.11. The largest absolute Gasteiger partial charge is 0.423 e. The molecule has 4 aromatic carbocycles. The van der Waals surface area contributed by atoms with Crippen molar-refractivity contribution in [3.05, 3.63) is 120 Å². The Morgan fingerprint density at radius 3 is 1.74 bits per heavy atom. The maximum atomic E-state index is 13.5. The Kier molecular flexibility index (Phi) is 6.56. The number of hydrogen-bond acceptors (Lipinski definition) is 6. The first-order valence-corrected chi connectivity index (χ1v) is 11.8. The summed E-state index contributed by atoms with van der Waals surface area (Å²) >= 11 is 0. The third-order valence-corrected chi connectivity index (χ3v) is 6.76. The van der Waals surface area contributed by atoms with Gasteiger partial charge in [0, 0.05) is 6.07 Å². The maximum absolute atomic E-state index is 13.5. The van der Waals surface area contributed by atoms with Crippen molar-refractivity contribution in [2.75, 3.05) is 0 Å². The second kappa shape index (κ2) is 9.72. The van der Waals surface area contributed by atoms with Crippen molar-refractivity contribution >= 4 is 21.8 Å². The zero-order chi connectivity index (χ0) is 24.1. The first-order chi connectivity index (χ1) is 16.3. The average Bonchev–Trinajstić information content (AvgIpc) is 2.86. The molecule has 0 amide bonds. The fourth-order valence-corrected chi connectivity index (χ4v) is 4.56. The standard InChI is InChI=1S/C27H20O6S/c1-19-12-15-23(16-13-19)34(30,31)25-18-22(32-26(28)20-8-4-2-5-9-20)14-17-24(25)33-27(29)21-10-6-3-7-11-21/h2-18H,1H3. The van der Waals surface area contributed by atoms with E-state index in [4.69, 9.17) is 9.47 Å². The summed E-state index contributed by atoms with van der Waals surface area (Å²) in [6, 6.07) is 26.7. The van der Waals surface area contributed by atoms with E-state index in [1.807, 2.05) is 6.92 Å². The molecule has 0 atom stereocenters. The van der Waals surface area contributed by atoms with Crippen molar-refractivity contribution in [3.8, 4) is 11.5 Å². The number of carbonyl (C=O) groups is 2. The van der Waals surface area contributed by atoms with E-state index in [1.54, 1.807) is 72.8 Å². The Labute approximate surface area is 197 Å². The zero-order valence-corrected chi connectivity index (χ0v) is 19.0. The number of hydrogen-bond donors (Lipinski definition) is 0. The molecule has 0 unspecified atom stereocenters. The molecule has 7 heteroatoms. The van der Waals surface area contributed by atoms with Gasteiger partial charge in [-0.1, -0.05) is 54.1 Å². The molecule has 170 valence electrons. The third kappa shape index (κ3) is 5.05. The molecule has 0 spiro atoms. The van der Waals surface area contributed by atoms with Gasteiger partial charge >= 0.3 is 11.9 Å². The van der Waals surface area contributed by atoms with Crippen LogP contribution in [-0.2, 0) is 9.84 Å². The maximum Gasteiger partial charge on any atom is 0.343 e. The monoisotopic (exact) mass is 472 g/mol. The van der Waals surface area contributed by atoms with E-state index in [-0.39, 0.29) is 26.9 Å². The van der Waals surface area contributed by atoms with Crippen LogP contribution in [0.3, 0.4) is 0 Å². The molecule has 0 aliphatic rings. The lowest BCUT2D eigenvalue weighted by atomic mass is 10.2. The predicted octanol–water partition coefficient (Wildman–Crippen LogP) is 5.27. The van der Waals surface area contributed by atoms with Crippen molar-refractivity contribution in [2.24, 2.45) is 0 Å². The summed E-state index contributed by atoms with van der Waals surface area (Å²) in [7, 11) is -4.11. The molecule has 0 saturated carbocycles. The van der Waals surface area contributed by atoms with Gasteiger partial charge < -0.3 is 9.47 Å². The van der Waals surface area contributed by atoms with Gasteiger partial charge in [-0.2, -0.15) is 0 Å². The SMILES string of the molecule is Cc1ccc(S(=O)(=O)c2cc(OC(=O)c3ccccc3)ccc2OC(=O)c2ccccc2)cc1. The molecule has 0 N–H and O–H groups in total. The van der Waals surface area contributed by atoms with Crippen molar-refractivity contribution in [2.45, 2.75) is 16.7 Å². The van der Waals surface area contributed by atoms with Gasteiger partial charge in [0.1, 0.15) is 10.6 Å². The van der Waals surface area contributed by atoms with Crippen LogP contribution in [-0.4, -0.2) is 20.4 Å². The van der Waals surface area contributed by atoms with Crippen LogP contribution in [0.4, 0.5) is 0 Å².